The third kappa shape index (κ3) is 3.15. The van der Waals surface area contributed by atoms with E-state index < -0.39 is 0 Å². The molecule has 6 heteroatoms. The molecule has 0 unspecified atom stereocenters. The third-order valence-corrected chi connectivity index (χ3v) is 5.73. The number of rotatable bonds is 3. The summed E-state index contributed by atoms with van der Waals surface area (Å²) < 4.78 is 2.06. The molecule has 4 nitrogen and oxygen atoms in total. The number of benzene rings is 2. The molecule has 0 saturated carbocycles. The summed E-state index contributed by atoms with van der Waals surface area (Å²) in [5, 5.41) is 3.06. The highest BCUT2D eigenvalue weighted by atomic mass is 35.5. The molecule has 0 aliphatic carbocycles. The van der Waals surface area contributed by atoms with E-state index in [-0.39, 0.29) is 0 Å². The number of pyridine rings is 1. The summed E-state index contributed by atoms with van der Waals surface area (Å²) in [4.78, 5) is 13.5. The SMILES string of the molecule is Cc1cccc2cc(Cn3ccc4c(Cl)ncnc43)c(-c3ccccc3Cl)nc12. The fraction of sp³-hybridized carbons (Fsp3) is 0.0870. The van der Waals surface area contributed by atoms with E-state index in [1.807, 2.05) is 36.5 Å². The Labute approximate surface area is 177 Å². The van der Waals surface area contributed by atoms with Crippen LogP contribution in [-0.2, 0) is 6.54 Å². The molecule has 2 aromatic carbocycles. The maximum absolute atomic E-state index is 6.53. The van der Waals surface area contributed by atoms with Crippen LogP contribution in [0.2, 0.25) is 10.2 Å². The Morgan fingerprint density at radius 3 is 2.69 bits per heavy atom. The molecular weight excluding hydrogens is 403 g/mol. The topological polar surface area (TPSA) is 43.6 Å². The van der Waals surface area contributed by atoms with Crippen molar-refractivity contribution in [1.29, 1.82) is 0 Å². The number of aryl methyl sites for hydroxylation is 1. The Morgan fingerprint density at radius 2 is 1.83 bits per heavy atom. The number of para-hydroxylation sites is 1. The Morgan fingerprint density at radius 1 is 0.966 bits per heavy atom. The molecule has 5 rings (SSSR count). The minimum absolute atomic E-state index is 0.451. The van der Waals surface area contributed by atoms with Crippen LogP contribution in [0.15, 0.2) is 67.1 Å². The van der Waals surface area contributed by atoms with Gasteiger partial charge >= 0.3 is 0 Å². The summed E-state index contributed by atoms with van der Waals surface area (Å²) in [6.45, 7) is 2.66. The maximum Gasteiger partial charge on any atom is 0.145 e. The van der Waals surface area contributed by atoms with Gasteiger partial charge in [0.05, 0.1) is 23.1 Å². The second-order valence-corrected chi connectivity index (χ2v) is 7.73. The standard InChI is InChI=1S/C23H16Cl2N4/c1-14-5-4-6-15-11-16(12-29-10-9-18-22(25)26-13-27-23(18)29)21(28-20(14)15)17-7-2-3-8-19(17)24/h2-11,13H,12H2,1H3. The molecular formula is C23H16Cl2N4. The Hall–Kier alpha value is -2.95. The van der Waals surface area contributed by atoms with Crippen LogP contribution in [0.5, 0.6) is 0 Å². The second kappa shape index (κ2) is 7.14. The van der Waals surface area contributed by atoms with Crippen molar-refractivity contribution in [3.63, 3.8) is 0 Å². The van der Waals surface area contributed by atoms with Crippen LogP contribution in [-0.4, -0.2) is 19.5 Å². The normalized spacial score (nSPS) is 11.4. The lowest BCUT2D eigenvalue weighted by atomic mass is 10.0. The molecule has 142 valence electrons. The lowest BCUT2D eigenvalue weighted by Gasteiger charge is -2.14. The van der Waals surface area contributed by atoms with Gasteiger partial charge in [0.2, 0.25) is 0 Å². The van der Waals surface area contributed by atoms with Gasteiger partial charge in [0.15, 0.2) is 0 Å². The van der Waals surface area contributed by atoms with Crippen molar-refractivity contribution < 1.29 is 0 Å². The van der Waals surface area contributed by atoms with Crippen LogP contribution in [0, 0.1) is 6.92 Å². The molecule has 0 radical (unpaired) electrons. The molecule has 0 aliphatic rings. The molecule has 0 bridgehead atoms. The molecule has 0 spiro atoms. The Balaban J connectivity index is 1.74. The van der Waals surface area contributed by atoms with Crippen molar-refractivity contribution in [2.75, 3.05) is 0 Å². The Bertz CT molecular complexity index is 1370. The molecule has 3 aromatic heterocycles. The monoisotopic (exact) mass is 418 g/mol. The first-order chi connectivity index (χ1) is 14.1. The summed E-state index contributed by atoms with van der Waals surface area (Å²) in [7, 11) is 0. The van der Waals surface area contributed by atoms with Gasteiger partial charge in [0, 0.05) is 22.2 Å². The molecule has 0 aliphatic heterocycles. The van der Waals surface area contributed by atoms with Crippen LogP contribution < -0.4 is 0 Å². The van der Waals surface area contributed by atoms with Crippen LogP contribution in [0.4, 0.5) is 0 Å². The van der Waals surface area contributed by atoms with Crippen LogP contribution in [0.1, 0.15) is 11.1 Å². The fourth-order valence-electron chi connectivity index (χ4n) is 3.68. The number of aromatic nitrogens is 4. The van der Waals surface area contributed by atoms with E-state index in [2.05, 4.69) is 45.7 Å². The van der Waals surface area contributed by atoms with E-state index in [9.17, 15) is 0 Å². The van der Waals surface area contributed by atoms with Crippen molar-refractivity contribution >= 4 is 45.1 Å². The number of fused-ring (bicyclic) bond motifs is 2. The highest BCUT2D eigenvalue weighted by molar-refractivity contribution is 6.34. The van der Waals surface area contributed by atoms with E-state index in [0.717, 1.165) is 44.3 Å². The second-order valence-electron chi connectivity index (χ2n) is 6.97. The Kier molecular flexibility index (Phi) is 4.46. The summed E-state index contributed by atoms with van der Waals surface area (Å²) in [6.07, 6.45) is 3.46. The number of nitrogens with zero attached hydrogens (tertiary/aromatic N) is 4. The number of hydrogen-bond acceptors (Lipinski definition) is 3. The lowest BCUT2D eigenvalue weighted by Crippen LogP contribution is -2.04. The van der Waals surface area contributed by atoms with Gasteiger partial charge in [-0.1, -0.05) is 59.6 Å². The zero-order valence-corrected chi connectivity index (χ0v) is 17.1. The third-order valence-electron chi connectivity index (χ3n) is 5.10. The molecule has 0 atom stereocenters. The first kappa shape index (κ1) is 18.1. The van der Waals surface area contributed by atoms with E-state index in [1.165, 1.54) is 6.33 Å². The summed E-state index contributed by atoms with van der Waals surface area (Å²) in [5.41, 5.74) is 5.75. The largest absolute Gasteiger partial charge is 0.328 e. The molecule has 3 heterocycles. The quantitative estimate of drug-likeness (QED) is 0.322. The highest BCUT2D eigenvalue weighted by Gasteiger charge is 2.15. The van der Waals surface area contributed by atoms with E-state index in [0.29, 0.717) is 16.7 Å². The van der Waals surface area contributed by atoms with Gasteiger partial charge in [-0.2, -0.15) is 0 Å². The van der Waals surface area contributed by atoms with Gasteiger partial charge in [-0.25, -0.2) is 15.0 Å². The van der Waals surface area contributed by atoms with Crippen LogP contribution in [0.3, 0.4) is 0 Å². The molecule has 29 heavy (non-hydrogen) atoms. The number of hydrogen-bond donors (Lipinski definition) is 0. The van der Waals surface area contributed by atoms with Gasteiger partial charge in [0.25, 0.3) is 0 Å². The van der Waals surface area contributed by atoms with Crippen molar-refractivity contribution in [3.05, 3.63) is 88.4 Å². The zero-order valence-electron chi connectivity index (χ0n) is 15.6. The molecule has 0 fully saturated rings. The minimum atomic E-state index is 0.451. The van der Waals surface area contributed by atoms with Gasteiger partial charge in [0.1, 0.15) is 17.1 Å². The predicted octanol–water partition coefficient (Wildman–Crippen LogP) is 6.31. The van der Waals surface area contributed by atoms with E-state index >= 15 is 0 Å². The summed E-state index contributed by atoms with van der Waals surface area (Å²) >= 11 is 12.8. The maximum atomic E-state index is 6.53. The average Bonchev–Trinajstić information content (AvgIpc) is 3.13. The first-order valence-corrected chi connectivity index (χ1v) is 9.97. The van der Waals surface area contributed by atoms with E-state index in [4.69, 9.17) is 28.2 Å². The zero-order chi connectivity index (χ0) is 20.0. The van der Waals surface area contributed by atoms with Crippen molar-refractivity contribution in [2.45, 2.75) is 13.5 Å². The molecule has 5 aromatic rings. The van der Waals surface area contributed by atoms with Crippen molar-refractivity contribution in [3.8, 4) is 11.3 Å². The van der Waals surface area contributed by atoms with Crippen molar-refractivity contribution in [1.82, 2.24) is 19.5 Å². The van der Waals surface area contributed by atoms with Gasteiger partial charge in [-0.3, -0.25) is 0 Å². The molecule has 0 amide bonds. The summed E-state index contributed by atoms with van der Waals surface area (Å²) in [6, 6.07) is 18.1. The number of halogens is 2. The van der Waals surface area contributed by atoms with Gasteiger partial charge in [-0.05, 0) is 36.2 Å². The highest BCUT2D eigenvalue weighted by Crippen LogP contribution is 2.33. The van der Waals surface area contributed by atoms with E-state index in [1.54, 1.807) is 0 Å². The van der Waals surface area contributed by atoms with Crippen LogP contribution in [0.25, 0.3) is 33.2 Å². The van der Waals surface area contributed by atoms with Gasteiger partial charge in [-0.15, -0.1) is 0 Å². The summed E-state index contributed by atoms with van der Waals surface area (Å²) in [5.74, 6) is 0. The minimum Gasteiger partial charge on any atom is -0.328 e. The smallest absolute Gasteiger partial charge is 0.145 e. The average molecular weight is 419 g/mol. The molecule has 0 saturated heterocycles. The van der Waals surface area contributed by atoms with Crippen molar-refractivity contribution in [2.24, 2.45) is 0 Å². The van der Waals surface area contributed by atoms with Crippen LogP contribution >= 0.6 is 23.2 Å². The lowest BCUT2D eigenvalue weighted by molar-refractivity contribution is 0.823. The predicted molar refractivity (Wildman–Crippen MR) is 119 cm³/mol. The fourth-order valence-corrected chi connectivity index (χ4v) is 4.10. The first-order valence-electron chi connectivity index (χ1n) is 9.21. The molecule has 0 N–H and O–H groups in total. The van der Waals surface area contributed by atoms with Gasteiger partial charge < -0.3 is 4.57 Å².